The third-order valence-electron chi connectivity index (χ3n) is 7.96. The summed E-state index contributed by atoms with van der Waals surface area (Å²) in [5.74, 6) is -1.40. The third-order valence-corrected chi connectivity index (χ3v) is 7.96. The van der Waals surface area contributed by atoms with Crippen molar-refractivity contribution < 1.29 is 24.2 Å². The Balaban J connectivity index is 1.47. The number of carboxylic acids is 1. The maximum atomic E-state index is 14.5. The zero-order valence-electron chi connectivity index (χ0n) is 21.4. The number of amides is 2. The summed E-state index contributed by atoms with van der Waals surface area (Å²) in [7, 11) is 0. The molecule has 2 bridgehead atoms. The summed E-state index contributed by atoms with van der Waals surface area (Å²) in [6.07, 6.45) is 1.43. The third kappa shape index (κ3) is 4.64. The fourth-order valence-corrected chi connectivity index (χ4v) is 5.98. The second kappa shape index (κ2) is 10.7. The lowest BCUT2D eigenvalue weighted by Crippen LogP contribution is -2.71. The zero-order chi connectivity index (χ0) is 26.7. The van der Waals surface area contributed by atoms with E-state index < -0.39 is 29.6 Å². The molecular formula is C31H32N2O5. The van der Waals surface area contributed by atoms with E-state index >= 15 is 0 Å². The zero-order valence-corrected chi connectivity index (χ0v) is 21.4. The Hall–Kier alpha value is -4.13. The first kappa shape index (κ1) is 25.5. The van der Waals surface area contributed by atoms with Gasteiger partial charge < -0.3 is 14.7 Å². The largest absolute Gasteiger partial charge is 0.480 e. The molecule has 2 saturated heterocycles. The number of hydrogen-bond acceptors (Lipinski definition) is 4. The van der Waals surface area contributed by atoms with E-state index in [1.807, 2.05) is 97.9 Å². The van der Waals surface area contributed by atoms with E-state index in [9.17, 15) is 19.5 Å². The van der Waals surface area contributed by atoms with Crippen molar-refractivity contribution in [2.45, 2.75) is 56.3 Å². The van der Waals surface area contributed by atoms with Gasteiger partial charge in [0.1, 0.15) is 12.6 Å². The highest BCUT2D eigenvalue weighted by molar-refractivity contribution is 5.95. The lowest BCUT2D eigenvalue weighted by Gasteiger charge is -2.53. The fourth-order valence-electron chi connectivity index (χ4n) is 5.98. The Morgan fingerprint density at radius 1 is 0.868 bits per heavy atom. The number of piperazine rings is 1. The predicted molar refractivity (Wildman–Crippen MR) is 142 cm³/mol. The normalized spacial score (nSPS) is 21.0. The van der Waals surface area contributed by atoms with Crippen molar-refractivity contribution in [3.8, 4) is 0 Å². The van der Waals surface area contributed by atoms with Crippen LogP contribution in [0.5, 0.6) is 0 Å². The Morgan fingerprint density at radius 2 is 1.42 bits per heavy atom. The number of aliphatic carboxylic acids is 1. The second-order valence-electron chi connectivity index (χ2n) is 10.2. The van der Waals surface area contributed by atoms with Crippen LogP contribution >= 0.6 is 0 Å². The van der Waals surface area contributed by atoms with Crippen LogP contribution in [-0.4, -0.2) is 57.5 Å². The van der Waals surface area contributed by atoms with Crippen LogP contribution in [0.1, 0.15) is 42.9 Å². The molecule has 7 nitrogen and oxygen atoms in total. The maximum absolute atomic E-state index is 14.5. The number of nitrogens with zero attached hydrogens (tertiary/aromatic N) is 2. The van der Waals surface area contributed by atoms with Gasteiger partial charge in [-0.05, 0) is 42.9 Å². The maximum Gasteiger partial charge on any atom is 0.410 e. The smallest absolute Gasteiger partial charge is 0.410 e. The van der Waals surface area contributed by atoms with Crippen LogP contribution in [0.4, 0.5) is 4.79 Å². The van der Waals surface area contributed by atoms with E-state index in [1.54, 1.807) is 4.90 Å². The van der Waals surface area contributed by atoms with Gasteiger partial charge in [-0.15, -0.1) is 0 Å². The molecule has 0 spiro atoms. The molecule has 0 radical (unpaired) electrons. The molecule has 1 N–H and O–H groups in total. The van der Waals surface area contributed by atoms with Crippen LogP contribution in [0, 0.1) is 0 Å². The topological polar surface area (TPSA) is 87.2 Å². The van der Waals surface area contributed by atoms with Crippen LogP contribution < -0.4 is 0 Å². The van der Waals surface area contributed by atoms with Gasteiger partial charge in [-0.2, -0.15) is 0 Å². The number of hydrogen-bond donors (Lipinski definition) is 1. The number of carbonyl (C=O) groups excluding carboxylic acids is 2. The molecule has 2 aliphatic rings. The van der Waals surface area contributed by atoms with Crippen LogP contribution in [0.15, 0.2) is 91.0 Å². The highest BCUT2D eigenvalue weighted by Gasteiger charge is 2.54. The molecule has 38 heavy (non-hydrogen) atoms. The van der Waals surface area contributed by atoms with Crippen molar-refractivity contribution in [2.24, 2.45) is 0 Å². The molecule has 5 rings (SSSR count). The van der Waals surface area contributed by atoms with Crippen molar-refractivity contribution in [2.75, 3.05) is 6.54 Å². The number of benzene rings is 3. The summed E-state index contributed by atoms with van der Waals surface area (Å²) >= 11 is 0. The van der Waals surface area contributed by atoms with Crippen molar-refractivity contribution in [1.82, 2.24) is 9.80 Å². The number of rotatable bonds is 6. The molecule has 3 aromatic carbocycles. The molecule has 196 valence electrons. The Morgan fingerprint density at radius 3 is 1.97 bits per heavy atom. The van der Waals surface area contributed by atoms with Crippen molar-refractivity contribution in [3.63, 3.8) is 0 Å². The minimum atomic E-state index is -1.17. The van der Waals surface area contributed by atoms with Crippen LogP contribution in [0.3, 0.4) is 0 Å². The van der Waals surface area contributed by atoms with Gasteiger partial charge in [0.25, 0.3) is 0 Å². The quantitative estimate of drug-likeness (QED) is 0.510. The van der Waals surface area contributed by atoms with Gasteiger partial charge in [-0.3, -0.25) is 9.69 Å². The average Bonchev–Trinajstić information content (AvgIpc) is 2.95. The van der Waals surface area contributed by atoms with Crippen LogP contribution in [-0.2, 0) is 26.3 Å². The second-order valence-corrected chi connectivity index (χ2v) is 10.2. The van der Waals surface area contributed by atoms with Crippen molar-refractivity contribution >= 4 is 18.0 Å². The van der Waals surface area contributed by atoms with Gasteiger partial charge in [-0.1, -0.05) is 91.0 Å². The van der Waals surface area contributed by atoms with E-state index in [-0.39, 0.29) is 25.1 Å². The van der Waals surface area contributed by atoms with E-state index in [2.05, 4.69) is 0 Å². The van der Waals surface area contributed by atoms with E-state index in [0.717, 1.165) is 23.1 Å². The lowest BCUT2D eigenvalue weighted by molar-refractivity contribution is -0.163. The van der Waals surface area contributed by atoms with E-state index in [4.69, 9.17) is 4.74 Å². The summed E-state index contributed by atoms with van der Waals surface area (Å²) in [6.45, 7) is 2.10. The molecular weight excluding hydrogens is 480 g/mol. The number of fused-ring (bicyclic) bond motifs is 2. The first-order valence-electron chi connectivity index (χ1n) is 13.0. The number of carboxylic acid groups (broad SMARTS) is 1. The summed E-state index contributed by atoms with van der Waals surface area (Å²) in [6, 6.07) is 26.2. The molecule has 2 heterocycles. The summed E-state index contributed by atoms with van der Waals surface area (Å²) in [4.78, 5) is 43.6. The molecule has 2 aliphatic heterocycles. The Labute approximate surface area is 222 Å². The predicted octanol–water partition coefficient (Wildman–Crippen LogP) is 4.85. The standard InChI is InChI=1S/C31H32N2O5/c1-31(23-14-7-3-8-15-23,24-16-9-4-10-17-24)29(36)32-20-25-18-11-19-26(27(32)28(34)35)33(25)30(37)38-21-22-12-5-2-6-13-22/h2-10,12-17,25-27H,11,18-21H2,1H3,(H,34,35)/t25-,26+,27-/m0/s1. The van der Waals surface area contributed by atoms with Gasteiger partial charge in [0.05, 0.1) is 17.5 Å². The fraction of sp³-hybridized carbons (Fsp3) is 0.323. The van der Waals surface area contributed by atoms with E-state index in [1.165, 1.54) is 4.90 Å². The monoisotopic (exact) mass is 512 g/mol. The number of ether oxygens (including phenoxy) is 1. The molecule has 7 heteroatoms. The van der Waals surface area contributed by atoms with Gasteiger partial charge in [0.2, 0.25) is 5.91 Å². The SMILES string of the molecule is CC(C(=O)N1C[C@@H]2CCC[C@H]([C@H]1C(=O)O)N2C(=O)OCc1ccccc1)(c1ccccc1)c1ccccc1. The van der Waals surface area contributed by atoms with Gasteiger partial charge in [0, 0.05) is 6.54 Å². The van der Waals surface area contributed by atoms with Gasteiger partial charge >= 0.3 is 12.1 Å². The Bertz CT molecular complexity index is 1240. The number of piperidine rings is 1. The molecule has 2 fully saturated rings. The first-order chi connectivity index (χ1) is 18.4. The van der Waals surface area contributed by atoms with Crippen LogP contribution in [0.2, 0.25) is 0 Å². The molecule has 3 atom stereocenters. The van der Waals surface area contributed by atoms with Gasteiger partial charge in [-0.25, -0.2) is 9.59 Å². The summed E-state index contributed by atoms with van der Waals surface area (Å²) in [5.41, 5.74) is 1.34. The average molecular weight is 513 g/mol. The molecule has 0 saturated carbocycles. The van der Waals surface area contributed by atoms with Crippen molar-refractivity contribution in [1.29, 1.82) is 0 Å². The molecule has 2 amide bonds. The molecule has 0 unspecified atom stereocenters. The number of carbonyl (C=O) groups is 3. The van der Waals surface area contributed by atoms with Crippen molar-refractivity contribution in [3.05, 3.63) is 108 Å². The summed E-state index contributed by atoms with van der Waals surface area (Å²) < 4.78 is 5.62. The van der Waals surface area contributed by atoms with E-state index in [0.29, 0.717) is 12.8 Å². The minimum Gasteiger partial charge on any atom is -0.480 e. The van der Waals surface area contributed by atoms with Gasteiger partial charge in [0.15, 0.2) is 0 Å². The molecule has 0 aliphatic carbocycles. The number of likely N-dealkylation sites (tertiary alicyclic amines) is 1. The highest BCUT2D eigenvalue weighted by atomic mass is 16.6. The highest BCUT2D eigenvalue weighted by Crippen LogP contribution is 2.39. The lowest BCUT2D eigenvalue weighted by atomic mass is 9.73. The first-order valence-corrected chi connectivity index (χ1v) is 13.0. The summed E-state index contributed by atoms with van der Waals surface area (Å²) in [5, 5.41) is 10.4. The van der Waals surface area contributed by atoms with Crippen LogP contribution in [0.25, 0.3) is 0 Å². The molecule has 0 aromatic heterocycles. The molecule has 3 aromatic rings. The minimum absolute atomic E-state index is 0.107. The Kier molecular flexibility index (Phi) is 7.18.